The van der Waals surface area contributed by atoms with Crippen LogP contribution >= 0.6 is 11.3 Å². The van der Waals surface area contributed by atoms with E-state index >= 15 is 0 Å². The summed E-state index contributed by atoms with van der Waals surface area (Å²) >= 11 is 0.511. The topological polar surface area (TPSA) is 70.3 Å². The van der Waals surface area contributed by atoms with Gasteiger partial charge in [-0.05, 0) is 0 Å². The Bertz CT molecular complexity index is 802. The molecule has 0 N–H and O–H groups in total. The van der Waals surface area contributed by atoms with Gasteiger partial charge in [0.25, 0.3) is 0 Å². The minimum atomic E-state index is -0.628. The van der Waals surface area contributed by atoms with Crippen LogP contribution in [0.5, 0.6) is 0 Å². The number of alkyl halides is 1. The maximum atomic E-state index is 12.4. The molecular weight excluding hydrogens is 395 g/mol. The predicted molar refractivity (Wildman–Crippen MR) is 73.1 cm³/mol. The number of aromatic nitrogens is 2. The van der Waals surface area contributed by atoms with E-state index in [0.29, 0.717) is 27.2 Å². The van der Waals surface area contributed by atoms with Crippen molar-refractivity contribution in [2.24, 2.45) is 7.05 Å². The van der Waals surface area contributed by atoms with Gasteiger partial charge < -0.3 is 0 Å². The second kappa shape index (κ2) is 5.68. The second-order valence-electron chi connectivity index (χ2n) is 4.15. The van der Waals surface area contributed by atoms with E-state index in [9.17, 15) is 14.4 Å². The van der Waals surface area contributed by atoms with E-state index < -0.39 is 27.6 Å². The molecule has 0 aliphatic rings. The molecular formula is C12H14IN2O4S-. The van der Waals surface area contributed by atoms with Crippen LogP contribution in [0.2, 0.25) is 0 Å². The van der Waals surface area contributed by atoms with Crippen LogP contribution in [0.3, 0.4) is 0 Å². The molecule has 2 aromatic rings. The van der Waals surface area contributed by atoms with Gasteiger partial charge in [-0.15, -0.1) is 0 Å². The Kier molecular flexibility index (Phi) is 4.33. The van der Waals surface area contributed by atoms with Gasteiger partial charge in [0, 0.05) is 0 Å². The van der Waals surface area contributed by atoms with Crippen molar-refractivity contribution in [3.05, 3.63) is 31.3 Å². The van der Waals surface area contributed by atoms with Crippen molar-refractivity contribution in [2.45, 2.75) is 20.4 Å². The summed E-state index contributed by atoms with van der Waals surface area (Å²) < 4.78 is 7.67. The first kappa shape index (κ1) is 15.2. The molecule has 2 heterocycles. The van der Waals surface area contributed by atoms with Crippen molar-refractivity contribution in [2.75, 3.05) is 4.93 Å². The summed E-state index contributed by atoms with van der Waals surface area (Å²) in [5.74, 6) is -0.408. The monoisotopic (exact) mass is 409 g/mol. The number of hydrogen-bond acceptors (Lipinski definition) is 5. The molecule has 20 heavy (non-hydrogen) atoms. The summed E-state index contributed by atoms with van der Waals surface area (Å²) in [6.07, 6.45) is 0. The van der Waals surface area contributed by atoms with Crippen LogP contribution in [0.4, 0.5) is 0 Å². The Balaban J connectivity index is 2.89. The Labute approximate surface area is 129 Å². The normalized spacial score (nSPS) is 11.2. The Morgan fingerprint density at radius 2 is 2.05 bits per heavy atom. The number of nitrogens with zero attached hydrogens (tertiary/aromatic N) is 2. The van der Waals surface area contributed by atoms with Crippen molar-refractivity contribution in [1.29, 1.82) is 0 Å². The van der Waals surface area contributed by atoms with Gasteiger partial charge in [0.2, 0.25) is 0 Å². The van der Waals surface area contributed by atoms with Crippen LogP contribution in [-0.2, 0) is 16.7 Å². The van der Waals surface area contributed by atoms with E-state index in [1.54, 1.807) is 20.9 Å². The van der Waals surface area contributed by atoms with Crippen LogP contribution in [0.15, 0.2) is 9.59 Å². The summed E-state index contributed by atoms with van der Waals surface area (Å²) in [6, 6.07) is 0. The van der Waals surface area contributed by atoms with E-state index in [1.807, 2.05) is 4.93 Å². The quantitative estimate of drug-likeness (QED) is 0.430. The third-order valence-corrected chi connectivity index (χ3v) is 5.25. The number of thiophene rings is 1. The fourth-order valence-corrected chi connectivity index (χ4v) is 3.96. The van der Waals surface area contributed by atoms with Crippen molar-refractivity contribution in [3.63, 3.8) is 0 Å². The van der Waals surface area contributed by atoms with E-state index in [0.717, 1.165) is 11.3 Å². The molecule has 8 heteroatoms. The molecule has 0 aliphatic carbocycles. The van der Waals surface area contributed by atoms with Crippen molar-refractivity contribution >= 4 is 27.5 Å². The number of carbonyl (C=O) groups is 1. The Hall–Kier alpha value is -1.16. The Morgan fingerprint density at radius 3 is 2.60 bits per heavy atom. The zero-order valence-electron chi connectivity index (χ0n) is 11.5. The average Bonchev–Trinajstić information content (AvgIpc) is 2.75. The molecule has 2 rings (SSSR count). The Morgan fingerprint density at radius 1 is 1.40 bits per heavy atom. The summed E-state index contributed by atoms with van der Waals surface area (Å²) in [7, 11) is 1.61. The first-order valence-electron chi connectivity index (χ1n) is 5.87. The predicted octanol–water partition coefficient (Wildman–Crippen LogP) is -2.12. The van der Waals surface area contributed by atoms with Crippen LogP contribution in [-0.4, -0.2) is 20.0 Å². The van der Waals surface area contributed by atoms with Crippen molar-refractivity contribution in [1.82, 2.24) is 9.13 Å². The van der Waals surface area contributed by atoms with Crippen molar-refractivity contribution < 1.29 is 29.5 Å². The standard InChI is InChI=1S/C12H14IN2O4S/c1-5-15-9(16)7-6(2)8(11(17)19-13-3)20-10(7)14(4)12(15)18/h5H2,1-4H3/q-1. The molecule has 0 aliphatic heterocycles. The van der Waals surface area contributed by atoms with E-state index in [4.69, 9.17) is 3.07 Å². The zero-order valence-corrected chi connectivity index (χ0v) is 14.5. The number of rotatable bonds is 3. The molecule has 0 bridgehead atoms. The summed E-state index contributed by atoms with van der Waals surface area (Å²) in [4.78, 5) is 39.1. The molecule has 110 valence electrons. The van der Waals surface area contributed by atoms with Gasteiger partial charge in [0.05, 0.1) is 0 Å². The molecule has 0 amide bonds. The minimum absolute atomic E-state index is 0.303. The average molecular weight is 409 g/mol. The van der Waals surface area contributed by atoms with Gasteiger partial charge in [-0.1, -0.05) is 0 Å². The fourth-order valence-electron chi connectivity index (χ4n) is 2.05. The first-order valence-corrected chi connectivity index (χ1v) is 9.73. The number of fused-ring (bicyclic) bond motifs is 1. The van der Waals surface area contributed by atoms with Gasteiger partial charge in [-0.2, -0.15) is 0 Å². The molecule has 0 fully saturated rings. The van der Waals surface area contributed by atoms with Crippen LogP contribution in [0.25, 0.3) is 10.2 Å². The molecule has 0 saturated heterocycles. The molecule has 0 aromatic carbocycles. The van der Waals surface area contributed by atoms with Crippen LogP contribution < -0.4 is 32.9 Å². The molecule has 0 unspecified atom stereocenters. The third-order valence-electron chi connectivity index (χ3n) is 3.06. The van der Waals surface area contributed by atoms with Gasteiger partial charge in [0.15, 0.2) is 0 Å². The molecule has 6 nitrogen and oxygen atoms in total. The van der Waals surface area contributed by atoms with E-state index in [-0.39, 0.29) is 11.2 Å². The van der Waals surface area contributed by atoms with Gasteiger partial charge in [-0.25, -0.2) is 0 Å². The second-order valence-corrected chi connectivity index (χ2v) is 6.47. The molecule has 0 radical (unpaired) electrons. The third kappa shape index (κ3) is 2.20. The summed E-state index contributed by atoms with van der Waals surface area (Å²) in [5.41, 5.74) is -0.117. The van der Waals surface area contributed by atoms with Crippen LogP contribution in [0.1, 0.15) is 22.2 Å². The molecule has 2 aromatic heterocycles. The number of halogens is 1. The fraction of sp³-hybridized carbons (Fsp3) is 0.417. The summed E-state index contributed by atoms with van der Waals surface area (Å²) in [5, 5.41) is 0.431. The van der Waals surface area contributed by atoms with Crippen LogP contribution in [0, 0.1) is 6.92 Å². The zero-order chi connectivity index (χ0) is 15.0. The maximum absolute atomic E-state index is 12.4. The number of aryl methyl sites for hydroxylation is 2. The molecule has 0 spiro atoms. The van der Waals surface area contributed by atoms with Gasteiger partial charge in [-0.3, -0.25) is 0 Å². The van der Waals surface area contributed by atoms with E-state index in [1.165, 1.54) is 9.13 Å². The van der Waals surface area contributed by atoms with E-state index in [2.05, 4.69) is 0 Å². The van der Waals surface area contributed by atoms with Gasteiger partial charge in [0.1, 0.15) is 0 Å². The summed E-state index contributed by atoms with van der Waals surface area (Å²) in [6.45, 7) is 3.76. The molecule has 0 saturated carbocycles. The number of hydrogen-bond donors (Lipinski definition) is 0. The SMILES string of the molecule is CCn1c(=O)c2c(C)c(C(=O)O[I-]C)sc2n(C)c1=O. The van der Waals surface area contributed by atoms with Gasteiger partial charge >= 0.3 is 130 Å². The van der Waals surface area contributed by atoms with Crippen molar-refractivity contribution in [3.8, 4) is 0 Å². The molecule has 0 atom stereocenters. The first-order chi connectivity index (χ1) is 9.43. The number of carbonyl (C=O) groups excluding carboxylic acids is 1.